The van der Waals surface area contributed by atoms with Crippen LogP contribution in [0.5, 0.6) is 5.75 Å². The molecule has 0 saturated heterocycles. The third-order valence-corrected chi connectivity index (χ3v) is 3.29. The number of nitro benzene ring substituents is 1. The van der Waals surface area contributed by atoms with Gasteiger partial charge in [0.15, 0.2) is 0 Å². The summed E-state index contributed by atoms with van der Waals surface area (Å²) in [7, 11) is 1.41. The third-order valence-electron chi connectivity index (χ3n) is 2.65. The largest absolute Gasteiger partial charge is 0.496 e. The van der Waals surface area contributed by atoms with Gasteiger partial charge in [0.25, 0.3) is 11.6 Å². The van der Waals surface area contributed by atoms with E-state index in [1.165, 1.54) is 31.5 Å². The van der Waals surface area contributed by atoms with Gasteiger partial charge in [0.05, 0.1) is 23.7 Å². The number of rotatable bonds is 4. The molecule has 0 aliphatic rings. The molecule has 0 atom stereocenters. The van der Waals surface area contributed by atoms with Gasteiger partial charge in [0, 0.05) is 6.20 Å². The van der Waals surface area contributed by atoms with Crippen molar-refractivity contribution in [3.05, 3.63) is 56.8 Å². The van der Waals surface area contributed by atoms with Gasteiger partial charge in [-0.3, -0.25) is 14.9 Å². The maximum atomic E-state index is 12.1. The summed E-state index contributed by atoms with van der Waals surface area (Å²) in [4.78, 5) is 26.5. The van der Waals surface area contributed by atoms with Gasteiger partial charge >= 0.3 is 0 Å². The maximum Gasteiger partial charge on any atom is 0.296 e. The molecule has 0 unspecified atom stereocenters. The second kappa shape index (κ2) is 6.31. The zero-order valence-corrected chi connectivity index (χ0v) is 12.5. The number of carbonyl (C=O) groups is 1. The lowest BCUT2D eigenvalue weighted by Gasteiger charge is -2.08. The topological polar surface area (TPSA) is 94.4 Å². The molecule has 8 heteroatoms. The zero-order valence-electron chi connectivity index (χ0n) is 10.9. The quantitative estimate of drug-likeness (QED) is 0.519. The van der Waals surface area contributed by atoms with E-state index in [2.05, 4.69) is 26.2 Å². The van der Waals surface area contributed by atoms with Crippen LogP contribution in [0.15, 0.2) is 41.1 Å². The smallest absolute Gasteiger partial charge is 0.296 e. The summed E-state index contributed by atoms with van der Waals surface area (Å²) in [6.45, 7) is 0. The average Bonchev–Trinajstić information content (AvgIpc) is 2.47. The number of carbonyl (C=O) groups excluding carboxylic acids is 1. The number of benzene rings is 1. The van der Waals surface area contributed by atoms with Gasteiger partial charge in [-0.25, -0.2) is 4.98 Å². The Morgan fingerprint density at radius 1 is 1.43 bits per heavy atom. The van der Waals surface area contributed by atoms with Gasteiger partial charge in [0.1, 0.15) is 16.0 Å². The summed E-state index contributed by atoms with van der Waals surface area (Å²) in [5.74, 6) is -0.162. The zero-order chi connectivity index (χ0) is 15.4. The van der Waals surface area contributed by atoms with Crippen molar-refractivity contribution in [2.75, 3.05) is 12.4 Å². The van der Waals surface area contributed by atoms with Crippen molar-refractivity contribution in [1.82, 2.24) is 4.98 Å². The lowest BCUT2D eigenvalue weighted by atomic mass is 10.2. The summed E-state index contributed by atoms with van der Waals surface area (Å²) < 4.78 is 5.29. The molecule has 1 amide bonds. The van der Waals surface area contributed by atoms with Crippen LogP contribution >= 0.6 is 15.9 Å². The van der Waals surface area contributed by atoms with Crippen LogP contribution in [0.25, 0.3) is 0 Å². The Morgan fingerprint density at radius 3 is 2.81 bits per heavy atom. The van der Waals surface area contributed by atoms with Crippen LogP contribution in [0.4, 0.5) is 11.4 Å². The molecule has 21 heavy (non-hydrogen) atoms. The average molecular weight is 352 g/mol. The number of ether oxygens (including phenoxy) is 1. The highest BCUT2D eigenvalue weighted by Crippen LogP contribution is 2.29. The predicted molar refractivity (Wildman–Crippen MR) is 79.5 cm³/mol. The molecule has 7 nitrogen and oxygen atoms in total. The third kappa shape index (κ3) is 3.34. The molecule has 2 rings (SSSR count). The van der Waals surface area contributed by atoms with Gasteiger partial charge in [0.2, 0.25) is 0 Å². The molecular formula is C13H10BrN3O4. The van der Waals surface area contributed by atoms with E-state index in [-0.39, 0.29) is 16.9 Å². The highest BCUT2D eigenvalue weighted by atomic mass is 79.9. The van der Waals surface area contributed by atoms with Crippen LogP contribution in [0.3, 0.4) is 0 Å². The van der Waals surface area contributed by atoms with Crippen LogP contribution in [0, 0.1) is 10.1 Å². The number of nitro groups is 1. The Kier molecular flexibility index (Phi) is 4.49. The van der Waals surface area contributed by atoms with Crippen molar-refractivity contribution in [3.63, 3.8) is 0 Å². The van der Waals surface area contributed by atoms with E-state index in [0.29, 0.717) is 10.4 Å². The monoisotopic (exact) mass is 351 g/mol. The molecule has 0 aliphatic carbocycles. The molecule has 0 fully saturated rings. The van der Waals surface area contributed by atoms with Crippen molar-refractivity contribution < 1.29 is 14.5 Å². The number of hydrogen-bond donors (Lipinski definition) is 1. The van der Waals surface area contributed by atoms with E-state index >= 15 is 0 Å². The van der Waals surface area contributed by atoms with E-state index in [0.717, 1.165) is 0 Å². The van der Waals surface area contributed by atoms with E-state index in [4.69, 9.17) is 4.74 Å². The number of anilines is 1. The van der Waals surface area contributed by atoms with Crippen LogP contribution in [0.2, 0.25) is 0 Å². The molecule has 1 aromatic heterocycles. The van der Waals surface area contributed by atoms with Gasteiger partial charge < -0.3 is 10.1 Å². The summed E-state index contributed by atoms with van der Waals surface area (Å²) in [5, 5.41) is 13.5. The molecule has 0 spiro atoms. The standard InChI is InChI=1S/C13H10BrN3O4/c1-21-8-4-5-10(11(7-8)17(19)20)16-13(18)9-3-2-6-15-12(9)14/h2-7H,1H3,(H,16,18). The molecule has 0 bridgehead atoms. The summed E-state index contributed by atoms with van der Waals surface area (Å²) >= 11 is 3.15. The Hall–Kier alpha value is -2.48. The fourth-order valence-corrected chi connectivity index (χ4v) is 2.07. The summed E-state index contributed by atoms with van der Waals surface area (Å²) in [6, 6.07) is 7.35. The lowest BCUT2D eigenvalue weighted by Crippen LogP contribution is -2.14. The van der Waals surface area contributed by atoms with Crippen LogP contribution in [-0.4, -0.2) is 22.9 Å². The first-order chi connectivity index (χ1) is 10.0. The van der Waals surface area contributed by atoms with Gasteiger partial charge in [-0.1, -0.05) is 0 Å². The van der Waals surface area contributed by atoms with Crippen molar-refractivity contribution in [3.8, 4) is 5.75 Å². The summed E-state index contributed by atoms with van der Waals surface area (Å²) in [5.41, 5.74) is 0.117. The predicted octanol–water partition coefficient (Wildman–Crippen LogP) is 3.01. The first-order valence-electron chi connectivity index (χ1n) is 5.77. The molecule has 0 radical (unpaired) electrons. The molecule has 1 N–H and O–H groups in total. The Balaban J connectivity index is 2.33. The first-order valence-corrected chi connectivity index (χ1v) is 6.56. The number of nitrogens with zero attached hydrogens (tertiary/aromatic N) is 2. The van der Waals surface area contributed by atoms with Crippen molar-refractivity contribution in [1.29, 1.82) is 0 Å². The van der Waals surface area contributed by atoms with E-state index in [9.17, 15) is 14.9 Å². The van der Waals surface area contributed by atoms with Gasteiger partial charge in [-0.2, -0.15) is 0 Å². The van der Waals surface area contributed by atoms with Crippen LogP contribution in [-0.2, 0) is 0 Å². The first kappa shape index (κ1) is 14.9. The Bertz CT molecular complexity index is 706. The molecule has 1 heterocycles. The Labute approximate surface area is 128 Å². The SMILES string of the molecule is COc1ccc(NC(=O)c2cccnc2Br)c([N+](=O)[O-])c1. The Morgan fingerprint density at radius 2 is 2.19 bits per heavy atom. The van der Waals surface area contributed by atoms with Crippen molar-refractivity contribution >= 4 is 33.2 Å². The fourth-order valence-electron chi connectivity index (χ4n) is 1.64. The van der Waals surface area contributed by atoms with Crippen LogP contribution in [0.1, 0.15) is 10.4 Å². The minimum absolute atomic E-state index is 0.0848. The highest BCUT2D eigenvalue weighted by Gasteiger charge is 2.19. The lowest BCUT2D eigenvalue weighted by molar-refractivity contribution is -0.384. The fraction of sp³-hybridized carbons (Fsp3) is 0.0769. The van der Waals surface area contributed by atoms with Gasteiger partial charge in [-0.15, -0.1) is 0 Å². The highest BCUT2D eigenvalue weighted by molar-refractivity contribution is 9.10. The number of amides is 1. The van der Waals surface area contributed by atoms with Crippen molar-refractivity contribution in [2.24, 2.45) is 0 Å². The van der Waals surface area contributed by atoms with E-state index in [1.54, 1.807) is 12.1 Å². The number of pyridine rings is 1. The maximum absolute atomic E-state index is 12.1. The minimum atomic E-state index is -0.587. The van der Waals surface area contributed by atoms with Gasteiger partial charge in [-0.05, 0) is 40.2 Å². The van der Waals surface area contributed by atoms with E-state index in [1.807, 2.05) is 0 Å². The summed E-state index contributed by atoms with van der Waals surface area (Å²) in [6.07, 6.45) is 1.52. The van der Waals surface area contributed by atoms with E-state index < -0.39 is 10.8 Å². The molecule has 1 aromatic carbocycles. The number of aromatic nitrogens is 1. The molecule has 108 valence electrons. The van der Waals surface area contributed by atoms with Crippen LogP contribution < -0.4 is 10.1 Å². The molecular weight excluding hydrogens is 342 g/mol. The molecule has 0 aliphatic heterocycles. The number of halogens is 1. The normalized spacial score (nSPS) is 10.0. The molecule has 0 saturated carbocycles. The molecule has 2 aromatic rings. The number of hydrogen-bond acceptors (Lipinski definition) is 5. The number of methoxy groups -OCH3 is 1. The van der Waals surface area contributed by atoms with Crippen molar-refractivity contribution in [2.45, 2.75) is 0 Å². The number of nitrogens with one attached hydrogen (secondary N) is 1. The second-order valence-corrected chi connectivity index (χ2v) is 4.69. The minimum Gasteiger partial charge on any atom is -0.496 e. The second-order valence-electron chi connectivity index (χ2n) is 3.94.